The fraction of sp³-hybridized carbons (Fsp3) is 0.733. The van der Waals surface area contributed by atoms with Crippen LogP contribution in [-0.2, 0) is 4.74 Å². The SMILES string of the molecule is CC1=CC[C@H]([C@@]2(C)CCC=C(C)CO2)CC1. The molecule has 1 aliphatic carbocycles. The predicted octanol–water partition coefficient (Wildman–Crippen LogP) is 4.25. The first kappa shape index (κ1) is 11.9. The number of allylic oxidation sites excluding steroid dienone is 3. The van der Waals surface area contributed by atoms with Crippen LogP contribution in [0.25, 0.3) is 0 Å². The zero-order chi connectivity index (χ0) is 11.6. The lowest BCUT2D eigenvalue weighted by Gasteiger charge is -2.38. The number of rotatable bonds is 1. The van der Waals surface area contributed by atoms with E-state index in [0.717, 1.165) is 12.5 Å². The van der Waals surface area contributed by atoms with Crippen LogP contribution in [0, 0.1) is 5.92 Å². The molecule has 0 unspecified atom stereocenters. The van der Waals surface area contributed by atoms with Gasteiger partial charge in [-0.25, -0.2) is 0 Å². The molecule has 0 saturated carbocycles. The van der Waals surface area contributed by atoms with Crippen LogP contribution >= 0.6 is 0 Å². The van der Waals surface area contributed by atoms with E-state index in [2.05, 4.69) is 32.9 Å². The monoisotopic (exact) mass is 220 g/mol. The van der Waals surface area contributed by atoms with E-state index in [1.807, 2.05) is 0 Å². The largest absolute Gasteiger partial charge is 0.371 e. The zero-order valence-corrected chi connectivity index (χ0v) is 10.9. The molecule has 2 atom stereocenters. The molecule has 1 heteroatoms. The molecule has 0 spiro atoms. The van der Waals surface area contributed by atoms with E-state index in [9.17, 15) is 0 Å². The van der Waals surface area contributed by atoms with Crippen LogP contribution in [0.3, 0.4) is 0 Å². The summed E-state index contributed by atoms with van der Waals surface area (Å²) < 4.78 is 6.18. The van der Waals surface area contributed by atoms with Gasteiger partial charge >= 0.3 is 0 Å². The Labute approximate surface area is 99.6 Å². The predicted molar refractivity (Wildman–Crippen MR) is 68.4 cm³/mol. The van der Waals surface area contributed by atoms with Gasteiger partial charge in [-0.3, -0.25) is 0 Å². The summed E-state index contributed by atoms with van der Waals surface area (Å²) in [6.45, 7) is 7.57. The molecule has 16 heavy (non-hydrogen) atoms. The molecule has 2 aliphatic rings. The second-order valence-electron chi connectivity index (χ2n) is 5.71. The second-order valence-corrected chi connectivity index (χ2v) is 5.71. The van der Waals surface area contributed by atoms with E-state index in [1.54, 1.807) is 5.57 Å². The lowest BCUT2D eigenvalue weighted by molar-refractivity contribution is -0.0689. The van der Waals surface area contributed by atoms with Gasteiger partial charge < -0.3 is 4.74 Å². The van der Waals surface area contributed by atoms with Crippen molar-refractivity contribution < 1.29 is 4.74 Å². The van der Waals surface area contributed by atoms with Crippen LogP contribution < -0.4 is 0 Å². The lowest BCUT2D eigenvalue weighted by atomic mass is 9.76. The Balaban J connectivity index is 2.03. The third-order valence-corrected chi connectivity index (χ3v) is 4.26. The first-order chi connectivity index (χ1) is 7.60. The lowest BCUT2D eigenvalue weighted by Crippen LogP contribution is -2.38. The smallest absolute Gasteiger partial charge is 0.0693 e. The van der Waals surface area contributed by atoms with Gasteiger partial charge in [0.15, 0.2) is 0 Å². The minimum absolute atomic E-state index is 0.103. The summed E-state index contributed by atoms with van der Waals surface area (Å²) >= 11 is 0. The molecule has 0 saturated heterocycles. The maximum absolute atomic E-state index is 6.18. The van der Waals surface area contributed by atoms with E-state index in [1.165, 1.54) is 37.7 Å². The Kier molecular flexibility index (Phi) is 3.53. The molecule has 0 aromatic rings. The maximum atomic E-state index is 6.18. The summed E-state index contributed by atoms with van der Waals surface area (Å²) in [4.78, 5) is 0. The van der Waals surface area contributed by atoms with Crippen molar-refractivity contribution in [1.82, 2.24) is 0 Å². The minimum Gasteiger partial charge on any atom is -0.371 e. The molecule has 1 heterocycles. The van der Waals surface area contributed by atoms with Crippen LogP contribution in [0.4, 0.5) is 0 Å². The van der Waals surface area contributed by atoms with Crippen molar-refractivity contribution in [1.29, 1.82) is 0 Å². The highest BCUT2D eigenvalue weighted by Crippen LogP contribution is 2.38. The number of hydrogen-bond donors (Lipinski definition) is 0. The maximum Gasteiger partial charge on any atom is 0.0693 e. The number of hydrogen-bond acceptors (Lipinski definition) is 1. The van der Waals surface area contributed by atoms with Gasteiger partial charge in [0, 0.05) is 0 Å². The first-order valence-corrected chi connectivity index (χ1v) is 6.55. The Morgan fingerprint density at radius 2 is 2.06 bits per heavy atom. The van der Waals surface area contributed by atoms with Crippen molar-refractivity contribution in [3.63, 3.8) is 0 Å². The van der Waals surface area contributed by atoms with E-state index in [4.69, 9.17) is 4.74 Å². The van der Waals surface area contributed by atoms with Gasteiger partial charge in [-0.2, -0.15) is 0 Å². The van der Waals surface area contributed by atoms with Crippen LogP contribution in [0.1, 0.15) is 52.9 Å². The van der Waals surface area contributed by atoms with Crippen molar-refractivity contribution in [3.05, 3.63) is 23.3 Å². The molecule has 0 fully saturated rings. The van der Waals surface area contributed by atoms with Gasteiger partial charge in [0.25, 0.3) is 0 Å². The molecule has 1 aliphatic heterocycles. The fourth-order valence-corrected chi connectivity index (χ4v) is 2.86. The molecule has 0 radical (unpaired) electrons. The van der Waals surface area contributed by atoms with Gasteiger partial charge in [0.2, 0.25) is 0 Å². The van der Waals surface area contributed by atoms with Crippen molar-refractivity contribution in [2.75, 3.05) is 6.61 Å². The fourth-order valence-electron chi connectivity index (χ4n) is 2.86. The molecule has 0 N–H and O–H groups in total. The van der Waals surface area contributed by atoms with E-state index < -0.39 is 0 Å². The summed E-state index contributed by atoms with van der Waals surface area (Å²) in [5, 5.41) is 0. The topological polar surface area (TPSA) is 9.23 Å². The Hall–Kier alpha value is -0.560. The van der Waals surface area contributed by atoms with Crippen LogP contribution in [0.15, 0.2) is 23.3 Å². The van der Waals surface area contributed by atoms with E-state index in [-0.39, 0.29) is 5.60 Å². The minimum atomic E-state index is 0.103. The molecule has 0 aromatic carbocycles. The van der Waals surface area contributed by atoms with Gasteiger partial charge in [0.05, 0.1) is 12.2 Å². The average molecular weight is 220 g/mol. The van der Waals surface area contributed by atoms with Crippen molar-refractivity contribution in [3.8, 4) is 0 Å². The highest BCUT2D eigenvalue weighted by atomic mass is 16.5. The Morgan fingerprint density at radius 3 is 2.75 bits per heavy atom. The molecule has 90 valence electrons. The average Bonchev–Trinajstić information content (AvgIpc) is 2.43. The van der Waals surface area contributed by atoms with Gasteiger partial charge in [-0.1, -0.05) is 23.3 Å². The molecule has 2 rings (SSSR count). The summed E-state index contributed by atoms with van der Waals surface area (Å²) in [5.74, 6) is 0.718. The standard InChI is InChI=1S/C15H24O/c1-12-6-8-14(9-7-12)15(3)10-4-5-13(2)11-16-15/h5-6,14H,4,7-11H2,1-3H3/t14-,15+/m0/s1. The highest BCUT2D eigenvalue weighted by Gasteiger charge is 2.35. The highest BCUT2D eigenvalue weighted by molar-refractivity contribution is 5.08. The van der Waals surface area contributed by atoms with Crippen LogP contribution in [-0.4, -0.2) is 12.2 Å². The third kappa shape index (κ3) is 2.57. The summed E-state index contributed by atoms with van der Waals surface area (Å²) in [5.41, 5.74) is 3.06. The van der Waals surface area contributed by atoms with Gasteiger partial charge in [-0.05, 0) is 58.8 Å². The Bertz CT molecular complexity index is 313. The molecule has 0 bridgehead atoms. The first-order valence-electron chi connectivity index (χ1n) is 6.55. The Morgan fingerprint density at radius 1 is 1.25 bits per heavy atom. The number of ether oxygens (including phenoxy) is 1. The molecular weight excluding hydrogens is 196 g/mol. The van der Waals surface area contributed by atoms with Crippen molar-refractivity contribution in [2.24, 2.45) is 5.92 Å². The summed E-state index contributed by atoms with van der Waals surface area (Å²) in [7, 11) is 0. The molecule has 0 amide bonds. The van der Waals surface area contributed by atoms with Gasteiger partial charge in [0.1, 0.15) is 0 Å². The van der Waals surface area contributed by atoms with Crippen molar-refractivity contribution in [2.45, 2.75) is 58.5 Å². The molecule has 1 nitrogen and oxygen atoms in total. The third-order valence-electron chi connectivity index (χ3n) is 4.26. The zero-order valence-electron chi connectivity index (χ0n) is 10.9. The van der Waals surface area contributed by atoms with Crippen LogP contribution in [0.2, 0.25) is 0 Å². The summed E-state index contributed by atoms with van der Waals surface area (Å²) in [6.07, 6.45) is 10.9. The molecular formula is C15H24O. The quantitative estimate of drug-likeness (QED) is 0.600. The van der Waals surface area contributed by atoms with Crippen molar-refractivity contribution >= 4 is 0 Å². The summed E-state index contributed by atoms with van der Waals surface area (Å²) in [6, 6.07) is 0. The van der Waals surface area contributed by atoms with E-state index >= 15 is 0 Å². The van der Waals surface area contributed by atoms with Gasteiger partial charge in [-0.15, -0.1) is 0 Å². The normalized spacial score (nSPS) is 36.3. The molecule has 0 aromatic heterocycles. The second kappa shape index (κ2) is 4.75. The van der Waals surface area contributed by atoms with Crippen LogP contribution in [0.5, 0.6) is 0 Å². The van der Waals surface area contributed by atoms with E-state index in [0.29, 0.717) is 0 Å².